The van der Waals surface area contributed by atoms with E-state index in [1.807, 2.05) is 6.26 Å². The van der Waals surface area contributed by atoms with E-state index in [0.29, 0.717) is 0 Å². The fourth-order valence-corrected chi connectivity index (χ4v) is 3.95. The number of ether oxygens (including phenoxy) is 3. The van der Waals surface area contributed by atoms with E-state index in [0.717, 1.165) is 51.1 Å². The highest BCUT2D eigenvalue weighted by Crippen LogP contribution is 2.51. The molecule has 21 heavy (non-hydrogen) atoms. The molecule has 0 N–H and O–H groups in total. The summed E-state index contributed by atoms with van der Waals surface area (Å²) >= 11 is 0. The van der Waals surface area contributed by atoms with Crippen LogP contribution in [0.1, 0.15) is 36.8 Å². The minimum atomic E-state index is -0.158. The van der Waals surface area contributed by atoms with Crippen molar-refractivity contribution >= 4 is 0 Å². The number of rotatable bonds is 1. The molecule has 3 heterocycles. The second kappa shape index (κ2) is 5.06. The predicted octanol–water partition coefficient (Wildman–Crippen LogP) is 3.75. The van der Waals surface area contributed by atoms with E-state index in [2.05, 4.69) is 25.1 Å². The third kappa shape index (κ3) is 2.15. The van der Waals surface area contributed by atoms with Crippen LogP contribution in [0.3, 0.4) is 0 Å². The monoisotopic (exact) mass is 286 g/mol. The van der Waals surface area contributed by atoms with Gasteiger partial charge in [0.15, 0.2) is 0 Å². The van der Waals surface area contributed by atoms with Crippen molar-refractivity contribution in [3.8, 4) is 5.75 Å². The van der Waals surface area contributed by atoms with Crippen molar-refractivity contribution in [2.75, 3.05) is 13.2 Å². The Hall–Kier alpha value is -1.48. The lowest BCUT2D eigenvalue weighted by molar-refractivity contribution is -0.184. The smallest absolute Gasteiger partial charge is 0.209 e. The highest BCUT2D eigenvalue weighted by molar-refractivity contribution is 5.41. The molecule has 1 aromatic carbocycles. The average Bonchev–Trinajstić information content (AvgIpc) is 2.53. The van der Waals surface area contributed by atoms with Crippen molar-refractivity contribution < 1.29 is 14.2 Å². The minimum Gasteiger partial charge on any atom is -0.501 e. The molecular formula is C18H22O3. The maximum atomic E-state index is 6.23. The maximum Gasteiger partial charge on any atom is 0.209 e. The summed E-state index contributed by atoms with van der Waals surface area (Å²) in [4.78, 5) is 0. The third-order valence-electron chi connectivity index (χ3n) is 5.02. The van der Waals surface area contributed by atoms with Gasteiger partial charge in [-0.2, -0.15) is 0 Å². The summed E-state index contributed by atoms with van der Waals surface area (Å²) in [5.41, 5.74) is 3.95. The molecule has 1 fully saturated rings. The van der Waals surface area contributed by atoms with Gasteiger partial charge in [0.2, 0.25) is 6.29 Å². The van der Waals surface area contributed by atoms with Crippen LogP contribution >= 0.6 is 0 Å². The molecule has 3 aliphatic rings. The maximum absolute atomic E-state index is 6.23. The standard InChI is InChI=1S/C18H22O3/c1-13-5-6-16-14(10-13)11-18(15-4-2-8-19-12-15)7-3-9-20-17(18)21-16/h5-6,10,12,17H,2-4,7-9,11H2,1H3. The molecule has 3 nitrogen and oxygen atoms in total. The van der Waals surface area contributed by atoms with Crippen LogP contribution in [0.4, 0.5) is 0 Å². The summed E-state index contributed by atoms with van der Waals surface area (Å²) in [6.07, 6.45) is 7.25. The summed E-state index contributed by atoms with van der Waals surface area (Å²) in [5, 5.41) is 0. The number of aryl methyl sites for hydroxylation is 1. The predicted molar refractivity (Wildman–Crippen MR) is 80.2 cm³/mol. The summed E-state index contributed by atoms with van der Waals surface area (Å²) in [6.45, 7) is 3.77. The molecule has 0 bridgehead atoms. The van der Waals surface area contributed by atoms with E-state index in [9.17, 15) is 0 Å². The SMILES string of the molecule is Cc1ccc2c(c1)CC1(C3=COCCC3)CCCOC1O2. The quantitative estimate of drug-likeness (QED) is 0.787. The van der Waals surface area contributed by atoms with Crippen molar-refractivity contribution in [3.05, 3.63) is 41.2 Å². The zero-order valence-electron chi connectivity index (χ0n) is 12.6. The van der Waals surface area contributed by atoms with Crippen molar-refractivity contribution in [2.24, 2.45) is 5.41 Å². The van der Waals surface area contributed by atoms with Crippen LogP contribution in [-0.2, 0) is 15.9 Å². The van der Waals surface area contributed by atoms with Gasteiger partial charge in [-0.1, -0.05) is 17.7 Å². The fraction of sp³-hybridized carbons (Fsp3) is 0.556. The number of benzene rings is 1. The van der Waals surface area contributed by atoms with Gasteiger partial charge in [0.25, 0.3) is 0 Å². The molecule has 0 aromatic heterocycles. The first-order valence-electron chi connectivity index (χ1n) is 7.97. The summed E-state index contributed by atoms with van der Waals surface area (Å²) < 4.78 is 17.9. The van der Waals surface area contributed by atoms with Gasteiger partial charge < -0.3 is 14.2 Å². The van der Waals surface area contributed by atoms with E-state index >= 15 is 0 Å². The number of hydrogen-bond donors (Lipinski definition) is 0. The molecule has 2 atom stereocenters. The highest BCUT2D eigenvalue weighted by Gasteiger charge is 2.50. The summed E-state index contributed by atoms with van der Waals surface area (Å²) in [7, 11) is 0. The lowest BCUT2D eigenvalue weighted by atomic mass is 9.67. The Labute approximate surface area is 125 Å². The molecule has 112 valence electrons. The van der Waals surface area contributed by atoms with Gasteiger partial charge >= 0.3 is 0 Å². The summed E-state index contributed by atoms with van der Waals surface area (Å²) in [6, 6.07) is 6.45. The fourth-order valence-electron chi connectivity index (χ4n) is 3.95. The first kappa shape index (κ1) is 13.2. The molecule has 1 aromatic rings. The first-order valence-corrected chi connectivity index (χ1v) is 7.97. The van der Waals surface area contributed by atoms with Gasteiger partial charge in [0.1, 0.15) is 5.75 Å². The van der Waals surface area contributed by atoms with Crippen LogP contribution in [0.5, 0.6) is 5.75 Å². The van der Waals surface area contributed by atoms with Gasteiger partial charge in [-0.05, 0) is 56.2 Å². The second-order valence-corrected chi connectivity index (χ2v) is 6.49. The van der Waals surface area contributed by atoms with Crippen molar-refractivity contribution in [1.82, 2.24) is 0 Å². The first-order chi connectivity index (χ1) is 10.3. The van der Waals surface area contributed by atoms with Crippen molar-refractivity contribution in [2.45, 2.75) is 45.3 Å². The van der Waals surface area contributed by atoms with E-state index in [4.69, 9.17) is 14.2 Å². The van der Waals surface area contributed by atoms with Gasteiger partial charge in [-0.15, -0.1) is 0 Å². The van der Waals surface area contributed by atoms with Gasteiger partial charge in [0.05, 0.1) is 24.9 Å². The normalized spacial score (nSPS) is 31.3. The van der Waals surface area contributed by atoms with Crippen LogP contribution in [0.2, 0.25) is 0 Å². The average molecular weight is 286 g/mol. The molecule has 3 aliphatic heterocycles. The van der Waals surface area contributed by atoms with E-state index < -0.39 is 0 Å². The Morgan fingerprint density at radius 2 is 2.14 bits per heavy atom. The molecule has 4 rings (SSSR count). The molecule has 2 unspecified atom stereocenters. The van der Waals surface area contributed by atoms with Crippen LogP contribution in [-0.4, -0.2) is 19.5 Å². The topological polar surface area (TPSA) is 27.7 Å². The van der Waals surface area contributed by atoms with Crippen LogP contribution in [0.15, 0.2) is 30.0 Å². The van der Waals surface area contributed by atoms with Crippen molar-refractivity contribution in [1.29, 1.82) is 0 Å². The Kier molecular flexibility index (Phi) is 3.18. The Morgan fingerprint density at radius 3 is 3.00 bits per heavy atom. The Balaban J connectivity index is 1.77. The second-order valence-electron chi connectivity index (χ2n) is 6.49. The van der Waals surface area contributed by atoms with Gasteiger partial charge in [0, 0.05) is 0 Å². The largest absolute Gasteiger partial charge is 0.501 e. The zero-order valence-corrected chi connectivity index (χ0v) is 12.6. The molecule has 1 saturated heterocycles. The van der Waals surface area contributed by atoms with E-state index in [1.165, 1.54) is 16.7 Å². The molecule has 0 radical (unpaired) electrons. The molecule has 0 aliphatic carbocycles. The van der Waals surface area contributed by atoms with Crippen LogP contribution in [0, 0.1) is 12.3 Å². The van der Waals surface area contributed by atoms with E-state index in [-0.39, 0.29) is 11.7 Å². The van der Waals surface area contributed by atoms with Gasteiger partial charge in [-0.25, -0.2) is 0 Å². The lowest BCUT2D eigenvalue weighted by Crippen LogP contribution is -2.50. The number of hydrogen-bond acceptors (Lipinski definition) is 3. The molecule has 0 amide bonds. The molecule has 0 spiro atoms. The number of fused-ring (bicyclic) bond motifs is 2. The van der Waals surface area contributed by atoms with Crippen LogP contribution in [0.25, 0.3) is 0 Å². The Bertz CT molecular complexity index is 578. The third-order valence-corrected chi connectivity index (χ3v) is 5.02. The molecular weight excluding hydrogens is 264 g/mol. The van der Waals surface area contributed by atoms with E-state index in [1.54, 1.807) is 0 Å². The summed E-state index contributed by atoms with van der Waals surface area (Å²) in [5.74, 6) is 0.987. The highest BCUT2D eigenvalue weighted by atomic mass is 16.7. The van der Waals surface area contributed by atoms with Crippen molar-refractivity contribution in [3.63, 3.8) is 0 Å². The van der Waals surface area contributed by atoms with Crippen LogP contribution < -0.4 is 4.74 Å². The Morgan fingerprint density at radius 1 is 1.19 bits per heavy atom. The van der Waals surface area contributed by atoms with Gasteiger partial charge in [-0.3, -0.25) is 0 Å². The molecule has 3 heteroatoms. The molecule has 0 saturated carbocycles. The zero-order chi connectivity index (χ0) is 14.3. The minimum absolute atomic E-state index is 0.0283. The lowest BCUT2D eigenvalue weighted by Gasteiger charge is -2.48.